The van der Waals surface area contributed by atoms with E-state index in [0.717, 1.165) is 22.3 Å². The number of nitrogens with zero attached hydrogens (tertiary/aromatic N) is 4. The number of hydrogen-bond donors (Lipinski definition) is 0. The maximum absolute atomic E-state index is 12.9. The van der Waals surface area contributed by atoms with Gasteiger partial charge in [-0.25, -0.2) is 4.98 Å². The van der Waals surface area contributed by atoms with E-state index in [0.29, 0.717) is 36.5 Å². The van der Waals surface area contributed by atoms with E-state index in [1.165, 1.54) is 0 Å². The highest BCUT2D eigenvalue weighted by molar-refractivity contribution is 5.97. The fourth-order valence-electron chi connectivity index (χ4n) is 3.30. The summed E-state index contributed by atoms with van der Waals surface area (Å²) in [6.07, 6.45) is 6.25. The van der Waals surface area contributed by atoms with Gasteiger partial charge in [0.25, 0.3) is 0 Å². The number of carbonyl (C=O) groups excluding carboxylic acids is 1. The summed E-state index contributed by atoms with van der Waals surface area (Å²) in [5, 5.41) is 0. The lowest BCUT2D eigenvalue weighted by Crippen LogP contribution is -2.07. The van der Waals surface area contributed by atoms with Gasteiger partial charge in [0, 0.05) is 25.0 Å². The normalized spacial score (nSPS) is 11.2. The van der Waals surface area contributed by atoms with Crippen molar-refractivity contribution in [3.8, 4) is 5.75 Å². The Balaban J connectivity index is 1.59. The molecule has 0 N–H and O–H groups in total. The maximum Gasteiger partial charge on any atom is 0.181 e. The number of carbonyl (C=O) groups is 1. The molecule has 0 aliphatic carbocycles. The molecule has 0 saturated carbocycles. The molecule has 0 aliphatic rings. The van der Waals surface area contributed by atoms with Crippen molar-refractivity contribution in [2.75, 3.05) is 6.61 Å². The zero-order valence-electron chi connectivity index (χ0n) is 15.3. The molecule has 0 spiro atoms. The average molecular weight is 360 g/mol. The highest BCUT2D eigenvalue weighted by Crippen LogP contribution is 2.23. The molecule has 4 rings (SSSR count). The predicted molar refractivity (Wildman–Crippen MR) is 103 cm³/mol. The molecule has 0 atom stereocenters. The Bertz CT molecular complexity index is 1130. The Kier molecular flexibility index (Phi) is 4.54. The van der Waals surface area contributed by atoms with Gasteiger partial charge in [-0.05, 0) is 50.1 Å². The lowest BCUT2D eigenvalue weighted by atomic mass is 10.0. The number of Topliss-reactive ketones (excluding diaryl/α,β-unsaturated/α-hetero) is 1. The third-order valence-corrected chi connectivity index (χ3v) is 4.53. The summed E-state index contributed by atoms with van der Waals surface area (Å²) in [5.41, 5.74) is 4.78. The van der Waals surface area contributed by atoms with E-state index >= 15 is 0 Å². The molecule has 0 fully saturated rings. The van der Waals surface area contributed by atoms with Gasteiger partial charge >= 0.3 is 0 Å². The van der Waals surface area contributed by atoms with Crippen LogP contribution in [0.4, 0.5) is 0 Å². The molecule has 6 heteroatoms. The third kappa shape index (κ3) is 3.26. The van der Waals surface area contributed by atoms with E-state index in [9.17, 15) is 4.79 Å². The van der Waals surface area contributed by atoms with Crippen molar-refractivity contribution in [1.29, 1.82) is 0 Å². The summed E-state index contributed by atoms with van der Waals surface area (Å²) < 4.78 is 7.46. The van der Waals surface area contributed by atoms with Crippen LogP contribution >= 0.6 is 0 Å². The Labute approximate surface area is 156 Å². The van der Waals surface area contributed by atoms with Crippen LogP contribution in [0.2, 0.25) is 0 Å². The number of hydrogen-bond acceptors (Lipinski definition) is 5. The quantitative estimate of drug-likeness (QED) is 0.489. The number of rotatable bonds is 6. The summed E-state index contributed by atoms with van der Waals surface area (Å²) in [6.45, 7) is 4.35. The van der Waals surface area contributed by atoms with Crippen molar-refractivity contribution in [3.63, 3.8) is 0 Å². The predicted octanol–water partition coefficient (Wildman–Crippen LogP) is 3.80. The van der Waals surface area contributed by atoms with Crippen molar-refractivity contribution < 1.29 is 9.53 Å². The fourth-order valence-corrected chi connectivity index (χ4v) is 3.30. The number of imidazole rings is 1. The highest BCUT2D eigenvalue weighted by Gasteiger charge is 2.18. The van der Waals surface area contributed by atoms with Crippen LogP contribution in [0.15, 0.2) is 48.9 Å². The minimum absolute atomic E-state index is 0.0629. The molecule has 0 aliphatic heterocycles. The van der Waals surface area contributed by atoms with Crippen molar-refractivity contribution in [1.82, 2.24) is 19.4 Å². The minimum Gasteiger partial charge on any atom is -0.490 e. The zero-order chi connectivity index (χ0) is 18.8. The van der Waals surface area contributed by atoms with Crippen molar-refractivity contribution in [2.24, 2.45) is 0 Å². The Hall–Kier alpha value is -3.28. The van der Waals surface area contributed by atoms with E-state index in [1.54, 1.807) is 12.4 Å². The van der Waals surface area contributed by atoms with Gasteiger partial charge in [0.05, 0.1) is 23.3 Å². The van der Waals surface area contributed by atoms with E-state index in [4.69, 9.17) is 4.74 Å². The number of ether oxygens (including phenoxy) is 1. The van der Waals surface area contributed by atoms with Crippen molar-refractivity contribution in [3.05, 3.63) is 65.9 Å². The standard InChI is InChI=1S/C21H20N4O2/c1-3-27-19-5-4-12-25-20(14(2)24-21(19)25)18(26)9-7-15-6-8-16-17(13-15)23-11-10-22-16/h4-6,8,10-13H,3,7,9H2,1-2H3. The van der Waals surface area contributed by atoms with E-state index in [1.807, 2.05) is 54.8 Å². The molecule has 1 aromatic carbocycles. The second-order valence-corrected chi connectivity index (χ2v) is 6.35. The second-order valence-electron chi connectivity index (χ2n) is 6.35. The van der Waals surface area contributed by atoms with Gasteiger partial charge in [-0.1, -0.05) is 6.07 Å². The molecule has 0 bridgehead atoms. The van der Waals surface area contributed by atoms with Crippen LogP contribution in [0.25, 0.3) is 16.7 Å². The van der Waals surface area contributed by atoms with Crippen LogP contribution in [-0.2, 0) is 6.42 Å². The molecule has 4 aromatic rings. The molecular weight excluding hydrogens is 340 g/mol. The number of pyridine rings is 1. The van der Waals surface area contributed by atoms with Crippen LogP contribution in [-0.4, -0.2) is 31.7 Å². The summed E-state index contributed by atoms with van der Waals surface area (Å²) in [4.78, 5) is 26.1. The van der Waals surface area contributed by atoms with Gasteiger partial charge in [0.1, 0.15) is 5.69 Å². The molecule has 0 saturated heterocycles. The van der Waals surface area contributed by atoms with Gasteiger partial charge in [0.15, 0.2) is 17.2 Å². The third-order valence-electron chi connectivity index (χ3n) is 4.53. The first-order valence-corrected chi connectivity index (χ1v) is 9.00. The lowest BCUT2D eigenvalue weighted by Gasteiger charge is -2.06. The first-order chi connectivity index (χ1) is 13.2. The second kappa shape index (κ2) is 7.15. The van der Waals surface area contributed by atoms with Crippen LogP contribution in [0.3, 0.4) is 0 Å². The SMILES string of the molecule is CCOc1cccn2c(C(=O)CCc3ccc4nccnc4c3)c(C)nc12. The monoisotopic (exact) mass is 360 g/mol. The van der Waals surface area contributed by atoms with Gasteiger partial charge in [0.2, 0.25) is 0 Å². The highest BCUT2D eigenvalue weighted by atomic mass is 16.5. The zero-order valence-corrected chi connectivity index (χ0v) is 15.3. The topological polar surface area (TPSA) is 69.4 Å². The molecule has 3 heterocycles. The summed E-state index contributed by atoms with van der Waals surface area (Å²) >= 11 is 0. The Morgan fingerprint density at radius 3 is 2.78 bits per heavy atom. The molecule has 136 valence electrons. The van der Waals surface area contributed by atoms with Crippen LogP contribution in [0.1, 0.15) is 35.1 Å². The van der Waals surface area contributed by atoms with Crippen molar-refractivity contribution in [2.45, 2.75) is 26.7 Å². The van der Waals surface area contributed by atoms with E-state index < -0.39 is 0 Å². The van der Waals surface area contributed by atoms with Crippen LogP contribution in [0.5, 0.6) is 5.75 Å². The van der Waals surface area contributed by atoms with Gasteiger partial charge in [-0.3, -0.25) is 19.2 Å². The number of ketones is 1. The number of fused-ring (bicyclic) bond motifs is 2. The minimum atomic E-state index is 0.0629. The van der Waals surface area contributed by atoms with Crippen LogP contribution < -0.4 is 4.74 Å². The average Bonchev–Trinajstić information content (AvgIpc) is 3.03. The van der Waals surface area contributed by atoms with Crippen molar-refractivity contribution >= 4 is 22.5 Å². The molecule has 6 nitrogen and oxygen atoms in total. The van der Waals surface area contributed by atoms with Gasteiger partial charge in [-0.15, -0.1) is 0 Å². The molecule has 27 heavy (non-hydrogen) atoms. The summed E-state index contributed by atoms with van der Waals surface area (Å²) in [6, 6.07) is 9.67. The maximum atomic E-state index is 12.9. The summed E-state index contributed by atoms with van der Waals surface area (Å²) in [5.74, 6) is 0.753. The molecule has 0 radical (unpaired) electrons. The van der Waals surface area contributed by atoms with Crippen LogP contribution in [0, 0.1) is 6.92 Å². The Morgan fingerprint density at radius 2 is 1.96 bits per heavy atom. The smallest absolute Gasteiger partial charge is 0.181 e. The number of aromatic nitrogens is 4. The fraction of sp³-hybridized carbons (Fsp3) is 0.238. The van der Waals surface area contributed by atoms with E-state index in [2.05, 4.69) is 15.0 Å². The summed E-state index contributed by atoms with van der Waals surface area (Å²) in [7, 11) is 0. The Morgan fingerprint density at radius 1 is 1.15 bits per heavy atom. The number of benzene rings is 1. The van der Waals surface area contributed by atoms with E-state index in [-0.39, 0.29) is 5.78 Å². The molecule has 0 amide bonds. The lowest BCUT2D eigenvalue weighted by molar-refractivity contribution is 0.0976. The largest absolute Gasteiger partial charge is 0.490 e. The number of aryl methyl sites for hydroxylation is 2. The van der Waals surface area contributed by atoms with Gasteiger partial charge in [-0.2, -0.15) is 0 Å². The molecule has 0 unspecified atom stereocenters. The first kappa shape index (κ1) is 17.1. The molecular formula is C21H20N4O2. The van der Waals surface area contributed by atoms with Gasteiger partial charge < -0.3 is 4.74 Å². The molecule has 3 aromatic heterocycles. The first-order valence-electron chi connectivity index (χ1n) is 9.00.